The topological polar surface area (TPSA) is 90.4 Å². The molecule has 1 aliphatic rings. The molecule has 0 amide bonds. The minimum Gasteiger partial charge on any atom is -0.382 e. The Hall–Kier alpha value is -1.84. The van der Waals surface area contributed by atoms with Crippen LogP contribution in [-0.2, 0) is 4.74 Å². The van der Waals surface area contributed by atoms with E-state index < -0.39 is 18.2 Å². The minimum absolute atomic E-state index is 0.0299. The largest absolute Gasteiger partial charge is 0.382 e. The Morgan fingerprint density at radius 1 is 1.69 bits per heavy atom. The fourth-order valence-corrected chi connectivity index (χ4v) is 1.61. The third kappa shape index (κ3) is 1.78. The highest BCUT2D eigenvalue weighted by atomic mass is 16.6. The number of hydrogen-bond acceptors (Lipinski definition) is 5. The zero-order valence-corrected chi connectivity index (χ0v) is 8.46. The number of aliphatic hydroxyl groups excluding tert-OH is 1. The van der Waals surface area contributed by atoms with Gasteiger partial charge in [-0.05, 0) is 6.42 Å². The first-order chi connectivity index (χ1) is 7.61. The van der Waals surface area contributed by atoms with Crippen molar-refractivity contribution in [3.63, 3.8) is 0 Å². The van der Waals surface area contributed by atoms with E-state index in [0.717, 1.165) is 0 Å². The van der Waals surface area contributed by atoms with Crippen LogP contribution in [0, 0.1) is 12.3 Å². The highest BCUT2D eigenvalue weighted by molar-refractivity contribution is 5.47. The average Bonchev–Trinajstić information content (AvgIpc) is 2.65. The molecular weight excluding hydrogens is 210 g/mol. The number of nitrogen functional groups attached to an aromatic ring is 1. The standard InChI is InChI=1S/C10H11N3O3/c1-2-6-5-13(10(15)12-9(6)11)7-3-4-8(14)16-7/h1,5,7-8,14H,3-4H2,(H2,11,12,15)/t7-,8+/m1/s1. The number of nitrogens with two attached hydrogens (primary N) is 1. The van der Waals surface area contributed by atoms with E-state index in [0.29, 0.717) is 18.4 Å². The van der Waals surface area contributed by atoms with Gasteiger partial charge in [-0.1, -0.05) is 5.92 Å². The van der Waals surface area contributed by atoms with E-state index in [4.69, 9.17) is 16.9 Å². The van der Waals surface area contributed by atoms with Gasteiger partial charge in [0.25, 0.3) is 0 Å². The van der Waals surface area contributed by atoms with Crippen LogP contribution in [0.5, 0.6) is 0 Å². The van der Waals surface area contributed by atoms with Crippen LogP contribution >= 0.6 is 0 Å². The lowest BCUT2D eigenvalue weighted by Gasteiger charge is -2.13. The third-order valence-electron chi connectivity index (χ3n) is 2.42. The number of anilines is 1. The SMILES string of the molecule is C#Cc1cn([C@H]2CC[C@@H](O)O2)c(=O)nc1N. The zero-order valence-electron chi connectivity index (χ0n) is 8.46. The molecule has 0 radical (unpaired) electrons. The summed E-state index contributed by atoms with van der Waals surface area (Å²) >= 11 is 0. The zero-order chi connectivity index (χ0) is 11.7. The van der Waals surface area contributed by atoms with E-state index >= 15 is 0 Å². The Morgan fingerprint density at radius 3 is 3.00 bits per heavy atom. The van der Waals surface area contributed by atoms with Gasteiger partial charge in [-0.3, -0.25) is 4.57 Å². The van der Waals surface area contributed by atoms with Crippen molar-refractivity contribution < 1.29 is 9.84 Å². The predicted octanol–water partition coefficient (Wildman–Crippen LogP) is -0.566. The molecule has 0 bridgehead atoms. The molecular formula is C10H11N3O3. The van der Waals surface area contributed by atoms with Crippen molar-refractivity contribution in [2.24, 2.45) is 0 Å². The van der Waals surface area contributed by atoms with Gasteiger partial charge in [-0.15, -0.1) is 6.42 Å². The van der Waals surface area contributed by atoms with Crippen molar-refractivity contribution in [1.29, 1.82) is 0 Å². The number of nitrogens with zero attached hydrogens (tertiary/aromatic N) is 2. The first kappa shape index (κ1) is 10.7. The summed E-state index contributed by atoms with van der Waals surface area (Å²) in [5.74, 6) is 2.36. The van der Waals surface area contributed by atoms with Crippen molar-refractivity contribution in [3.05, 3.63) is 22.2 Å². The maximum absolute atomic E-state index is 11.5. The second kappa shape index (κ2) is 3.96. The summed E-state index contributed by atoms with van der Waals surface area (Å²) in [5.41, 5.74) is 5.28. The lowest BCUT2D eigenvalue weighted by molar-refractivity contribution is -0.113. The number of terminal acetylenes is 1. The molecule has 1 saturated heterocycles. The van der Waals surface area contributed by atoms with Gasteiger partial charge in [-0.25, -0.2) is 4.79 Å². The van der Waals surface area contributed by atoms with Crippen LogP contribution in [0.25, 0.3) is 0 Å². The number of rotatable bonds is 1. The first-order valence-electron chi connectivity index (χ1n) is 4.80. The van der Waals surface area contributed by atoms with Crippen LogP contribution in [0.2, 0.25) is 0 Å². The van der Waals surface area contributed by atoms with Crippen LogP contribution in [0.15, 0.2) is 11.0 Å². The molecule has 0 aliphatic carbocycles. The molecule has 3 N–H and O–H groups in total. The smallest absolute Gasteiger partial charge is 0.351 e. The molecule has 6 nitrogen and oxygen atoms in total. The summed E-state index contributed by atoms with van der Waals surface area (Å²) in [6.07, 6.45) is 6.29. The number of ether oxygens (including phenoxy) is 1. The molecule has 0 unspecified atom stereocenters. The monoisotopic (exact) mass is 221 g/mol. The van der Waals surface area contributed by atoms with Gasteiger partial charge in [0.1, 0.15) is 12.0 Å². The predicted molar refractivity (Wildman–Crippen MR) is 56.2 cm³/mol. The van der Waals surface area contributed by atoms with Crippen LogP contribution in [0.3, 0.4) is 0 Å². The fourth-order valence-electron chi connectivity index (χ4n) is 1.61. The van der Waals surface area contributed by atoms with Crippen molar-refractivity contribution >= 4 is 5.82 Å². The molecule has 0 spiro atoms. The molecule has 1 fully saturated rings. The Balaban J connectivity index is 2.42. The van der Waals surface area contributed by atoms with E-state index in [1.54, 1.807) is 0 Å². The van der Waals surface area contributed by atoms with Gasteiger partial charge in [0.2, 0.25) is 0 Å². The molecule has 2 heterocycles. The molecule has 2 atom stereocenters. The fraction of sp³-hybridized carbons (Fsp3) is 0.400. The Kier molecular flexibility index (Phi) is 2.64. The molecule has 2 rings (SSSR count). The quantitative estimate of drug-likeness (QED) is 0.620. The van der Waals surface area contributed by atoms with Crippen LogP contribution in [0.1, 0.15) is 24.6 Å². The second-order valence-electron chi connectivity index (χ2n) is 3.50. The summed E-state index contributed by atoms with van der Waals surface area (Å²) < 4.78 is 6.39. The van der Waals surface area contributed by atoms with Gasteiger partial charge in [0.15, 0.2) is 6.29 Å². The molecule has 6 heteroatoms. The van der Waals surface area contributed by atoms with Crippen molar-refractivity contribution in [1.82, 2.24) is 9.55 Å². The lowest BCUT2D eigenvalue weighted by Crippen LogP contribution is -2.28. The summed E-state index contributed by atoms with van der Waals surface area (Å²) in [4.78, 5) is 15.1. The molecule has 1 aliphatic heterocycles. The van der Waals surface area contributed by atoms with Gasteiger partial charge in [-0.2, -0.15) is 4.98 Å². The van der Waals surface area contributed by atoms with E-state index in [1.165, 1.54) is 10.8 Å². The van der Waals surface area contributed by atoms with Crippen LogP contribution < -0.4 is 11.4 Å². The molecule has 0 saturated carbocycles. The molecule has 16 heavy (non-hydrogen) atoms. The molecule has 1 aromatic rings. The van der Waals surface area contributed by atoms with Gasteiger partial charge >= 0.3 is 5.69 Å². The van der Waals surface area contributed by atoms with Crippen molar-refractivity contribution in [3.8, 4) is 12.3 Å². The molecule has 1 aromatic heterocycles. The normalized spacial score (nSPS) is 24.2. The summed E-state index contributed by atoms with van der Waals surface area (Å²) in [6.45, 7) is 0. The number of aromatic nitrogens is 2. The van der Waals surface area contributed by atoms with Gasteiger partial charge < -0.3 is 15.6 Å². The summed E-state index contributed by atoms with van der Waals surface area (Å²) in [7, 11) is 0. The summed E-state index contributed by atoms with van der Waals surface area (Å²) in [6, 6.07) is 0. The van der Waals surface area contributed by atoms with Crippen molar-refractivity contribution in [2.45, 2.75) is 25.4 Å². The minimum atomic E-state index is -0.844. The van der Waals surface area contributed by atoms with Gasteiger partial charge in [0.05, 0.1) is 5.56 Å². The number of aliphatic hydroxyl groups is 1. The van der Waals surface area contributed by atoms with Gasteiger partial charge in [0, 0.05) is 12.6 Å². The van der Waals surface area contributed by atoms with Crippen LogP contribution in [-0.4, -0.2) is 20.9 Å². The van der Waals surface area contributed by atoms with Crippen molar-refractivity contribution in [2.75, 3.05) is 5.73 Å². The highest BCUT2D eigenvalue weighted by Gasteiger charge is 2.26. The number of hydrogen-bond donors (Lipinski definition) is 2. The van der Waals surface area contributed by atoms with E-state index in [2.05, 4.69) is 10.9 Å². The molecule has 0 aromatic carbocycles. The molecule has 84 valence electrons. The maximum Gasteiger partial charge on any atom is 0.351 e. The third-order valence-corrected chi connectivity index (χ3v) is 2.42. The van der Waals surface area contributed by atoms with E-state index in [-0.39, 0.29) is 5.82 Å². The van der Waals surface area contributed by atoms with E-state index in [1.807, 2.05) is 0 Å². The Labute approximate surface area is 91.7 Å². The average molecular weight is 221 g/mol. The summed E-state index contributed by atoms with van der Waals surface area (Å²) in [5, 5.41) is 9.21. The Bertz CT molecular complexity index is 503. The second-order valence-corrected chi connectivity index (χ2v) is 3.50. The Morgan fingerprint density at radius 2 is 2.44 bits per heavy atom. The van der Waals surface area contributed by atoms with Crippen LogP contribution in [0.4, 0.5) is 5.82 Å². The first-order valence-corrected chi connectivity index (χ1v) is 4.80. The van der Waals surface area contributed by atoms with E-state index in [9.17, 15) is 9.90 Å². The highest BCUT2D eigenvalue weighted by Crippen LogP contribution is 2.25. The maximum atomic E-state index is 11.5. The lowest BCUT2D eigenvalue weighted by atomic mass is 10.3.